The predicted molar refractivity (Wildman–Crippen MR) is 58.5 cm³/mol. The molecule has 4 nitrogen and oxygen atoms in total. The third kappa shape index (κ3) is 2.83. The predicted octanol–water partition coefficient (Wildman–Crippen LogP) is 2.80. The minimum absolute atomic E-state index is 0.00624. The third-order valence-electron chi connectivity index (χ3n) is 1.69. The number of halogens is 1. The molecule has 0 aromatic heterocycles. The van der Waals surface area contributed by atoms with E-state index in [1.165, 1.54) is 0 Å². The molecule has 0 fully saturated rings. The first-order valence-corrected chi connectivity index (χ1v) is 4.64. The van der Waals surface area contributed by atoms with Crippen molar-refractivity contribution < 1.29 is 3.07 Å². The Morgan fingerprint density at radius 3 is 2.46 bits per heavy atom. The maximum absolute atomic E-state index is 5.00. The number of nitrogens with zero attached hydrogens (tertiary/aromatic N) is 2. The van der Waals surface area contributed by atoms with Crippen molar-refractivity contribution in [3.8, 4) is 5.75 Å². The normalized spacial score (nSPS) is 13.1. The van der Waals surface area contributed by atoms with Crippen LogP contribution in [0.3, 0.4) is 0 Å². The minimum atomic E-state index is -0.00624. The molecule has 1 aromatic carbocycles. The fourth-order valence-electron chi connectivity index (χ4n) is 0.964. The van der Waals surface area contributed by atoms with Gasteiger partial charge >= 0.3 is 0 Å². The van der Waals surface area contributed by atoms with Crippen molar-refractivity contribution in [2.75, 3.05) is 0 Å². The summed E-state index contributed by atoms with van der Waals surface area (Å²) >= 11 is 1.84. The quantitative estimate of drug-likeness (QED) is 0.403. The van der Waals surface area contributed by atoms with E-state index < -0.39 is 0 Å². The Balaban J connectivity index is 2.79. The summed E-state index contributed by atoms with van der Waals surface area (Å²) < 4.78 is 5.00. The summed E-state index contributed by atoms with van der Waals surface area (Å²) in [5.74, 6) is 5.78. The molecule has 0 bridgehead atoms. The van der Waals surface area contributed by atoms with Crippen LogP contribution in [0.1, 0.15) is 18.5 Å². The number of benzene rings is 1. The van der Waals surface area contributed by atoms with Gasteiger partial charge < -0.3 is 8.91 Å². The highest BCUT2D eigenvalue weighted by molar-refractivity contribution is 14.1. The van der Waals surface area contributed by atoms with Crippen LogP contribution in [0, 0.1) is 0 Å². The first kappa shape index (κ1) is 10.2. The number of hydrogen-bond acceptors (Lipinski definition) is 3. The lowest BCUT2D eigenvalue weighted by Crippen LogP contribution is -1.89. The Kier molecular flexibility index (Phi) is 3.94. The second kappa shape index (κ2) is 5.00. The van der Waals surface area contributed by atoms with Gasteiger partial charge in [0.05, 0.1) is 6.04 Å². The Morgan fingerprint density at radius 1 is 1.38 bits per heavy atom. The molecule has 0 radical (unpaired) electrons. The highest BCUT2D eigenvalue weighted by atomic mass is 127. The van der Waals surface area contributed by atoms with Gasteiger partial charge in [-0.3, -0.25) is 0 Å². The second-order valence-corrected chi connectivity index (χ2v) is 2.99. The molecular formula is C8H10IN3O. The Bertz CT molecular complexity index is 286. The van der Waals surface area contributed by atoms with Crippen LogP contribution in [0.5, 0.6) is 5.75 Å². The van der Waals surface area contributed by atoms with E-state index in [0.717, 1.165) is 11.3 Å². The molecule has 1 aromatic rings. The molecule has 13 heavy (non-hydrogen) atoms. The topological polar surface area (TPSA) is 60.0 Å². The highest BCUT2D eigenvalue weighted by Gasteiger charge is 2.02. The fraction of sp³-hybridized carbons (Fsp3) is 0.250. The molecule has 1 atom stereocenters. The third-order valence-corrected chi connectivity index (χ3v) is 2.20. The molecule has 0 aliphatic carbocycles. The average molecular weight is 291 g/mol. The molecule has 1 rings (SSSR count). The number of nitrogens with two attached hydrogens (primary N) is 1. The van der Waals surface area contributed by atoms with Gasteiger partial charge in [0, 0.05) is 0 Å². The van der Waals surface area contributed by atoms with Crippen molar-refractivity contribution in [2.24, 2.45) is 16.2 Å². The second-order valence-electron chi connectivity index (χ2n) is 2.55. The van der Waals surface area contributed by atoms with Gasteiger partial charge in [-0.05, 0) is 24.6 Å². The van der Waals surface area contributed by atoms with Gasteiger partial charge in [-0.2, -0.15) is 5.11 Å². The molecule has 0 amide bonds. The molecule has 0 saturated heterocycles. The molecule has 0 heterocycles. The molecular weight excluding hydrogens is 281 g/mol. The van der Waals surface area contributed by atoms with Gasteiger partial charge in [-0.1, -0.05) is 17.4 Å². The molecule has 0 saturated carbocycles. The summed E-state index contributed by atoms with van der Waals surface area (Å²) in [4.78, 5) is 0. The monoisotopic (exact) mass is 291 g/mol. The van der Waals surface area contributed by atoms with Crippen molar-refractivity contribution in [3.63, 3.8) is 0 Å². The van der Waals surface area contributed by atoms with Crippen molar-refractivity contribution in [1.29, 1.82) is 0 Å². The van der Waals surface area contributed by atoms with Crippen LogP contribution in [0.25, 0.3) is 0 Å². The maximum Gasteiger partial charge on any atom is 0.192 e. The zero-order chi connectivity index (χ0) is 9.68. The van der Waals surface area contributed by atoms with Gasteiger partial charge in [-0.15, -0.1) is 0 Å². The van der Waals surface area contributed by atoms with E-state index in [1.807, 2.05) is 54.2 Å². The van der Waals surface area contributed by atoms with E-state index in [0.29, 0.717) is 0 Å². The summed E-state index contributed by atoms with van der Waals surface area (Å²) in [6.07, 6.45) is 0. The number of rotatable bonds is 3. The smallest absolute Gasteiger partial charge is 0.192 e. The van der Waals surface area contributed by atoms with Crippen LogP contribution in [-0.2, 0) is 0 Å². The zero-order valence-electron chi connectivity index (χ0n) is 7.14. The van der Waals surface area contributed by atoms with E-state index >= 15 is 0 Å². The van der Waals surface area contributed by atoms with Crippen molar-refractivity contribution in [1.82, 2.24) is 0 Å². The minimum Gasteiger partial charge on any atom is -0.428 e. The van der Waals surface area contributed by atoms with Crippen LogP contribution in [-0.4, -0.2) is 0 Å². The molecule has 0 aliphatic rings. The van der Waals surface area contributed by atoms with Gasteiger partial charge in [0.15, 0.2) is 23.0 Å². The summed E-state index contributed by atoms with van der Waals surface area (Å²) in [7, 11) is 0. The first-order valence-electron chi connectivity index (χ1n) is 3.76. The van der Waals surface area contributed by atoms with Crippen LogP contribution in [0.4, 0.5) is 0 Å². The van der Waals surface area contributed by atoms with Gasteiger partial charge in [-0.25, -0.2) is 0 Å². The van der Waals surface area contributed by atoms with Crippen LogP contribution in [0.2, 0.25) is 0 Å². The van der Waals surface area contributed by atoms with Crippen LogP contribution in [0.15, 0.2) is 34.6 Å². The zero-order valence-corrected chi connectivity index (χ0v) is 9.30. The van der Waals surface area contributed by atoms with E-state index in [2.05, 4.69) is 10.3 Å². The molecule has 0 spiro atoms. The van der Waals surface area contributed by atoms with E-state index in [-0.39, 0.29) is 6.04 Å². The average Bonchev–Trinajstić information content (AvgIpc) is 2.18. The SMILES string of the molecule is C[C@H](N=NN)c1ccc(OI)cc1. The maximum atomic E-state index is 5.00. The lowest BCUT2D eigenvalue weighted by atomic mass is 10.1. The largest absolute Gasteiger partial charge is 0.428 e. The summed E-state index contributed by atoms with van der Waals surface area (Å²) in [6, 6.07) is 7.63. The van der Waals surface area contributed by atoms with E-state index in [1.54, 1.807) is 0 Å². The Morgan fingerprint density at radius 2 is 2.00 bits per heavy atom. The van der Waals surface area contributed by atoms with E-state index in [4.69, 9.17) is 8.91 Å². The summed E-state index contributed by atoms with van der Waals surface area (Å²) in [6.45, 7) is 1.93. The summed E-state index contributed by atoms with van der Waals surface area (Å²) in [5, 5.41) is 7.06. The van der Waals surface area contributed by atoms with Gasteiger partial charge in [0.25, 0.3) is 0 Å². The first-order chi connectivity index (χ1) is 6.27. The van der Waals surface area contributed by atoms with Crippen molar-refractivity contribution in [2.45, 2.75) is 13.0 Å². The molecule has 2 N–H and O–H groups in total. The standard InChI is InChI=1S/C8H10IN3O/c1-6(11-12-10)7-2-4-8(13-9)5-3-7/h2-6H,1H3,(H2,10,11)/t6-/m0/s1. The molecule has 0 unspecified atom stereocenters. The molecule has 5 heteroatoms. The molecule has 0 aliphatic heterocycles. The van der Waals surface area contributed by atoms with E-state index in [9.17, 15) is 0 Å². The van der Waals surface area contributed by atoms with Crippen LogP contribution >= 0.6 is 23.0 Å². The lowest BCUT2D eigenvalue weighted by molar-refractivity contribution is 0.708. The number of hydrogen-bond donors (Lipinski definition) is 1. The van der Waals surface area contributed by atoms with Crippen molar-refractivity contribution in [3.05, 3.63) is 29.8 Å². The molecule has 70 valence electrons. The van der Waals surface area contributed by atoms with Crippen LogP contribution < -0.4 is 8.91 Å². The highest BCUT2D eigenvalue weighted by Crippen LogP contribution is 2.20. The Hall–Kier alpha value is -0.850. The van der Waals surface area contributed by atoms with Crippen molar-refractivity contribution >= 4 is 23.0 Å². The lowest BCUT2D eigenvalue weighted by Gasteiger charge is -2.04. The fourth-order valence-corrected chi connectivity index (χ4v) is 1.26. The van der Waals surface area contributed by atoms with Gasteiger partial charge in [0.2, 0.25) is 0 Å². The Labute approximate surface area is 90.8 Å². The summed E-state index contributed by atoms with van der Waals surface area (Å²) in [5.41, 5.74) is 1.06. The van der Waals surface area contributed by atoms with Gasteiger partial charge in [0.1, 0.15) is 5.75 Å².